The highest BCUT2D eigenvalue weighted by Gasteiger charge is 2.38. The zero-order chi connectivity index (χ0) is 13.2. The maximum atomic E-state index is 11.8. The average molecular weight is 240 g/mol. The molecule has 6 nitrogen and oxygen atoms in total. The van der Waals surface area contributed by atoms with E-state index in [2.05, 4.69) is 0 Å². The van der Waals surface area contributed by atoms with Crippen molar-refractivity contribution in [2.75, 3.05) is 0 Å². The van der Waals surface area contributed by atoms with Gasteiger partial charge in [-0.25, -0.2) is 4.79 Å². The molecule has 1 rings (SSSR count). The molecule has 0 bridgehead atoms. The second-order valence-corrected chi connectivity index (χ2v) is 3.93. The highest BCUT2D eigenvalue weighted by Crippen LogP contribution is 2.23. The Morgan fingerprint density at radius 3 is 2.18 bits per heavy atom. The van der Waals surface area contributed by atoms with Gasteiger partial charge in [0.15, 0.2) is 0 Å². The summed E-state index contributed by atoms with van der Waals surface area (Å²) in [6.45, 7) is 3.36. The van der Waals surface area contributed by atoms with Crippen LogP contribution in [0.5, 0.6) is 0 Å². The zero-order valence-corrected chi connectivity index (χ0v) is 10.1. The number of aryl methyl sites for hydroxylation is 1. The number of carbonyl (C=O) groups is 1. The Kier molecular flexibility index (Phi) is 3.55. The van der Waals surface area contributed by atoms with Crippen molar-refractivity contribution in [3.8, 4) is 0 Å². The Morgan fingerprint density at radius 1 is 1.24 bits per heavy atom. The van der Waals surface area contributed by atoms with E-state index in [0.29, 0.717) is 0 Å². The fourth-order valence-electron chi connectivity index (χ4n) is 1.89. The van der Waals surface area contributed by atoms with Gasteiger partial charge in [-0.1, -0.05) is 13.8 Å². The van der Waals surface area contributed by atoms with Crippen LogP contribution in [0.15, 0.2) is 22.0 Å². The summed E-state index contributed by atoms with van der Waals surface area (Å²) in [7, 11) is 1.45. The standard InChI is InChI=1S/C11H16N2O4/c1-4-11(5-2,10(16)17)13-7-6-12(3)8(14)9(13)15/h6-7H,4-5H2,1-3H3,(H,16,17). The molecule has 6 heteroatoms. The number of hydrogen-bond donors (Lipinski definition) is 1. The quantitative estimate of drug-likeness (QED) is 0.759. The number of carboxylic acid groups (broad SMARTS) is 1. The number of aliphatic carboxylic acids is 1. The van der Waals surface area contributed by atoms with E-state index in [-0.39, 0.29) is 12.8 Å². The van der Waals surface area contributed by atoms with Crippen molar-refractivity contribution in [2.45, 2.75) is 32.2 Å². The summed E-state index contributed by atoms with van der Waals surface area (Å²) in [6.07, 6.45) is 3.23. The minimum absolute atomic E-state index is 0.242. The summed E-state index contributed by atoms with van der Waals surface area (Å²) < 4.78 is 2.16. The summed E-state index contributed by atoms with van der Waals surface area (Å²) >= 11 is 0. The Balaban J connectivity index is 3.62. The zero-order valence-electron chi connectivity index (χ0n) is 10.1. The fourth-order valence-corrected chi connectivity index (χ4v) is 1.89. The Bertz CT molecular complexity index is 537. The van der Waals surface area contributed by atoms with Crippen LogP contribution < -0.4 is 11.1 Å². The van der Waals surface area contributed by atoms with Crippen molar-refractivity contribution in [1.29, 1.82) is 0 Å². The smallest absolute Gasteiger partial charge is 0.329 e. The molecular weight excluding hydrogens is 224 g/mol. The molecule has 0 aliphatic heterocycles. The van der Waals surface area contributed by atoms with E-state index < -0.39 is 22.6 Å². The van der Waals surface area contributed by atoms with Gasteiger partial charge in [-0.05, 0) is 12.8 Å². The molecule has 0 unspecified atom stereocenters. The number of hydrogen-bond acceptors (Lipinski definition) is 3. The molecule has 0 fully saturated rings. The lowest BCUT2D eigenvalue weighted by Crippen LogP contribution is -2.52. The minimum atomic E-state index is -1.34. The molecule has 1 N–H and O–H groups in total. The summed E-state index contributed by atoms with van der Waals surface area (Å²) in [5, 5.41) is 9.29. The third-order valence-corrected chi connectivity index (χ3v) is 3.19. The SMILES string of the molecule is CCC(CC)(C(=O)O)n1ccn(C)c(=O)c1=O. The molecule has 1 heterocycles. The molecule has 0 spiro atoms. The molecule has 0 amide bonds. The van der Waals surface area contributed by atoms with Gasteiger partial charge in [-0.2, -0.15) is 0 Å². The molecule has 0 saturated heterocycles. The fraction of sp³-hybridized carbons (Fsp3) is 0.545. The van der Waals surface area contributed by atoms with Gasteiger partial charge in [0.25, 0.3) is 0 Å². The van der Waals surface area contributed by atoms with Gasteiger partial charge in [0.1, 0.15) is 5.54 Å². The normalized spacial score (nSPS) is 11.5. The van der Waals surface area contributed by atoms with E-state index in [1.807, 2.05) is 0 Å². The van der Waals surface area contributed by atoms with E-state index in [1.165, 1.54) is 19.4 Å². The van der Waals surface area contributed by atoms with E-state index in [9.17, 15) is 19.5 Å². The summed E-state index contributed by atoms with van der Waals surface area (Å²) in [4.78, 5) is 34.7. The van der Waals surface area contributed by atoms with Gasteiger partial charge in [-0.3, -0.25) is 14.2 Å². The molecular formula is C11H16N2O4. The number of rotatable bonds is 4. The van der Waals surface area contributed by atoms with E-state index in [4.69, 9.17) is 0 Å². The summed E-state index contributed by atoms with van der Waals surface area (Å²) in [5.41, 5.74) is -2.87. The molecule has 0 aliphatic carbocycles. The lowest BCUT2D eigenvalue weighted by molar-refractivity contribution is -0.148. The third kappa shape index (κ3) is 1.90. The van der Waals surface area contributed by atoms with E-state index in [1.54, 1.807) is 13.8 Å². The molecule has 0 saturated carbocycles. The van der Waals surface area contributed by atoms with Crippen molar-refractivity contribution in [3.05, 3.63) is 33.1 Å². The number of nitrogens with zero attached hydrogens (tertiary/aromatic N) is 2. The molecule has 1 aromatic heterocycles. The second-order valence-electron chi connectivity index (χ2n) is 3.93. The first-order chi connectivity index (χ1) is 7.90. The first-order valence-corrected chi connectivity index (χ1v) is 5.43. The van der Waals surface area contributed by atoms with Crippen LogP contribution in [0, 0.1) is 0 Å². The van der Waals surface area contributed by atoms with E-state index >= 15 is 0 Å². The van der Waals surface area contributed by atoms with Gasteiger partial charge in [0, 0.05) is 19.4 Å². The molecule has 17 heavy (non-hydrogen) atoms. The van der Waals surface area contributed by atoms with Crippen LogP contribution in [0.25, 0.3) is 0 Å². The molecule has 94 valence electrons. The lowest BCUT2D eigenvalue weighted by Gasteiger charge is -2.28. The average Bonchev–Trinajstić information content (AvgIpc) is 2.30. The third-order valence-electron chi connectivity index (χ3n) is 3.19. The van der Waals surface area contributed by atoms with Gasteiger partial charge >= 0.3 is 17.1 Å². The lowest BCUT2D eigenvalue weighted by atomic mass is 9.92. The van der Waals surface area contributed by atoms with Gasteiger partial charge in [-0.15, -0.1) is 0 Å². The molecule has 0 radical (unpaired) electrons. The second kappa shape index (κ2) is 4.57. The maximum Gasteiger partial charge on any atom is 0.329 e. The summed E-state index contributed by atoms with van der Waals surface area (Å²) in [6, 6.07) is 0. The van der Waals surface area contributed by atoms with Crippen molar-refractivity contribution in [2.24, 2.45) is 7.05 Å². The van der Waals surface area contributed by atoms with Crippen LogP contribution >= 0.6 is 0 Å². The van der Waals surface area contributed by atoms with Gasteiger partial charge < -0.3 is 9.67 Å². The molecule has 0 aliphatic rings. The van der Waals surface area contributed by atoms with Crippen LogP contribution in [0.4, 0.5) is 0 Å². The van der Waals surface area contributed by atoms with Gasteiger partial charge in [0.2, 0.25) is 0 Å². The van der Waals surface area contributed by atoms with Crippen LogP contribution in [-0.2, 0) is 17.4 Å². The van der Waals surface area contributed by atoms with Crippen molar-refractivity contribution < 1.29 is 9.90 Å². The van der Waals surface area contributed by atoms with Crippen molar-refractivity contribution in [1.82, 2.24) is 9.13 Å². The molecule has 0 aromatic carbocycles. The van der Waals surface area contributed by atoms with Gasteiger partial charge in [0.05, 0.1) is 0 Å². The number of aromatic nitrogens is 2. The highest BCUT2D eigenvalue weighted by atomic mass is 16.4. The molecule has 0 atom stereocenters. The van der Waals surface area contributed by atoms with Crippen molar-refractivity contribution in [3.63, 3.8) is 0 Å². The van der Waals surface area contributed by atoms with Crippen LogP contribution in [0.2, 0.25) is 0 Å². The van der Waals surface area contributed by atoms with Crippen LogP contribution in [-0.4, -0.2) is 20.2 Å². The predicted molar refractivity (Wildman–Crippen MR) is 62.1 cm³/mol. The Labute approximate surface area is 98.1 Å². The summed E-state index contributed by atoms with van der Waals surface area (Å²) in [5.74, 6) is -1.10. The first-order valence-electron chi connectivity index (χ1n) is 5.43. The van der Waals surface area contributed by atoms with Crippen LogP contribution in [0.1, 0.15) is 26.7 Å². The highest BCUT2D eigenvalue weighted by molar-refractivity contribution is 5.76. The predicted octanol–water partition coefficient (Wildman–Crippen LogP) is 0.147. The monoisotopic (exact) mass is 240 g/mol. The molecule has 1 aromatic rings. The Morgan fingerprint density at radius 2 is 1.76 bits per heavy atom. The first kappa shape index (κ1) is 13.2. The Hall–Kier alpha value is -1.85. The minimum Gasteiger partial charge on any atom is -0.479 e. The van der Waals surface area contributed by atoms with Crippen LogP contribution in [0.3, 0.4) is 0 Å². The number of carboxylic acids is 1. The largest absolute Gasteiger partial charge is 0.479 e. The maximum absolute atomic E-state index is 11.8. The topological polar surface area (TPSA) is 81.3 Å². The van der Waals surface area contributed by atoms with Crippen molar-refractivity contribution >= 4 is 5.97 Å². The van der Waals surface area contributed by atoms with E-state index in [0.717, 1.165) is 9.13 Å².